The number of hydrogen-bond acceptors (Lipinski definition) is 1. The Morgan fingerprint density at radius 3 is 2.85 bits per heavy atom. The van der Waals surface area contributed by atoms with Gasteiger partial charge in [0.2, 0.25) is 0 Å². The molecule has 1 fully saturated rings. The van der Waals surface area contributed by atoms with Crippen molar-refractivity contribution in [3.05, 3.63) is 34.1 Å². The van der Waals surface area contributed by atoms with E-state index in [0.717, 1.165) is 35.7 Å². The minimum Gasteiger partial charge on any atom is -0.481 e. The molecule has 0 amide bonds. The molecule has 1 aliphatic rings. The molecule has 110 valence electrons. The highest BCUT2D eigenvalue weighted by atomic mass is 79.9. The molecule has 0 saturated heterocycles. The molecular formula is C16H20BrFO2. The van der Waals surface area contributed by atoms with Crippen LogP contribution in [-0.4, -0.2) is 11.1 Å². The largest absolute Gasteiger partial charge is 0.481 e. The van der Waals surface area contributed by atoms with Gasteiger partial charge in [0.25, 0.3) is 0 Å². The van der Waals surface area contributed by atoms with Crippen LogP contribution in [0, 0.1) is 23.6 Å². The number of hydrogen-bond donors (Lipinski definition) is 1. The van der Waals surface area contributed by atoms with Gasteiger partial charge in [0.05, 0.1) is 5.92 Å². The van der Waals surface area contributed by atoms with Gasteiger partial charge in [-0.15, -0.1) is 0 Å². The predicted molar refractivity (Wildman–Crippen MR) is 80.1 cm³/mol. The van der Waals surface area contributed by atoms with Crippen molar-refractivity contribution in [2.24, 2.45) is 17.8 Å². The predicted octanol–water partition coefficient (Wildman–Crippen LogP) is 4.66. The van der Waals surface area contributed by atoms with Gasteiger partial charge in [-0.3, -0.25) is 4.79 Å². The van der Waals surface area contributed by atoms with Crippen molar-refractivity contribution < 1.29 is 14.3 Å². The summed E-state index contributed by atoms with van der Waals surface area (Å²) in [5.74, 6) is -0.574. The van der Waals surface area contributed by atoms with Gasteiger partial charge in [-0.1, -0.05) is 29.3 Å². The molecule has 0 spiro atoms. The zero-order valence-corrected chi connectivity index (χ0v) is 13.2. The molecule has 4 heteroatoms. The summed E-state index contributed by atoms with van der Waals surface area (Å²) in [5.41, 5.74) is 0.873. The van der Waals surface area contributed by atoms with E-state index in [1.165, 1.54) is 12.1 Å². The van der Waals surface area contributed by atoms with E-state index in [0.29, 0.717) is 12.3 Å². The van der Waals surface area contributed by atoms with Crippen molar-refractivity contribution in [1.29, 1.82) is 0 Å². The lowest BCUT2D eigenvalue weighted by atomic mass is 9.71. The number of carboxylic acid groups (broad SMARTS) is 1. The maximum atomic E-state index is 13.4. The van der Waals surface area contributed by atoms with Crippen molar-refractivity contribution in [3.63, 3.8) is 0 Å². The zero-order chi connectivity index (χ0) is 14.7. The van der Waals surface area contributed by atoms with Crippen LogP contribution in [-0.2, 0) is 11.2 Å². The van der Waals surface area contributed by atoms with E-state index >= 15 is 0 Å². The SMILES string of the molecule is CCC1CCC(C(=O)O)C(Cc2cc(F)ccc2Br)C1. The van der Waals surface area contributed by atoms with Gasteiger partial charge < -0.3 is 5.11 Å². The molecule has 0 radical (unpaired) electrons. The molecule has 1 aromatic rings. The highest BCUT2D eigenvalue weighted by Gasteiger charge is 2.34. The van der Waals surface area contributed by atoms with Crippen molar-refractivity contribution in [2.75, 3.05) is 0 Å². The Kier molecular flexibility index (Phi) is 5.19. The molecule has 3 unspecified atom stereocenters. The third-order valence-electron chi connectivity index (χ3n) is 4.48. The number of halogens is 2. The van der Waals surface area contributed by atoms with Crippen LogP contribution in [0.3, 0.4) is 0 Å². The maximum Gasteiger partial charge on any atom is 0.306 e. The van der Waals surface area contributed by atoms with Crippen molar-refractivity contribution >= 4 is 21.9 Å². The zero-order valence-electron chi connectivity index (χ0n) is 11.6. The van der Waals surface area contributed by atoms with Gasteiger partial charge in [-0.2, -0.15) is 0 Å². The van der Waals surface area contributed by atoms with E-state index in [4.69, 9.17) is 0 Å². The molecule has 1 aliphatic carbocycles. The molecule has 2 nitrogen and oxygen atoms in total. The first-order valence-corrected chi connectivity index (χ1v) is 7.97. The monoisotopic (exact) mass is 342 g/mol. The van der Waals surface area contributed by atoms with Crippen LogP contribution in [0.4, 0.5) is 4.39 Å². The minimum atomic E-state index is -0.711. The molecule has 0 heterocycles. The Bertz CT molecular complexity index is 489. The number of aliphatic carboxylic acids is 1. The molecule has 20 heavy (non-hydrogen) atoms. The summed E-state index contributed by atoms with van der Waals surface area (Å²) in [6, 6.07) is 4.62. The topological polar surface area (TPSA) is 37.3 Å². The third-order valence-corrected chi connectivity index (χ3v) is 5.25. The smallest absolute Gasteiger partial charge is 0.306 e. The highest BCUT2D eigenvalue weighted by molar-refractivity contribution is 9.10. The van der Waals surface area contributed by atoms with Crippen LogP contribution in [0.1, 0.15) is 38.2 Å². The van der Waals surface area contributed by atoms with E-state index < -0.39 is 5.97 Å². The first-order chi connectivity index (χ1) is 9.51. The van der Waals surface area contributed by atoms with Gasteiger partial charge >= 0.3 is 5.97 Å². The Hall–Kier alpha value is -0.900. The van der Waals surface area contributed by atoms with Gasteiger partial charge in [-0.25, -0.2) is 4.39 Å². The lowest BCUT2D eigenvalue weighted by Gasteiger charge is -2.34. The first kappa shape index (κ1) is 15.5. The molecule has 1 N–H and O–H groups in total. The van der Waals surface area contributed by atoms with E-state index in [1.54, 1.807) is 6.07 Å². The van der Waals surface area contributed by atoms with Crippen LogP contribution in [0.15, 0.2) is 22.7 Å². The Labute approximate surface area is 127 Å². The molecule has 0 bridgehead atoms. The normalized spacial score (nSPS) is 26.4. The summed E-state index contributed by atoms with van der Waals surface area (Å²) in [5, 5.41) is 9.38. The summed E-state index contributed by atoms with van der Waals surface area (Å²) >= 11 is 3.43. The standard InChI is InChI=1S/C16H20BrFO2/c1-2-10-3-5-14(16(19)20)11(7-10)8-12-9-13(18)4-6-15(12)17/h4,6,9-11,14H,2-3,5,7-8H2,1H3,(H,19,20). The van der Waals surface area contributed by atoms with E-state index in [1.807, 2.05) is 0 Å². The van der Waals surface area contributed by atoms with Crippen LogP contribution in [0.2, 0.25) is 0 Å². The summed E-state index contributed by atoms with van der Waals surface area (Å²) < 4.78 is 14.2. The average Bonchev–Trinajstić information content (AvgIpc) is 2.42. The van der Waals surface area contributed by atoms with Crippen LogP contribution in [0.5, 0.6) is 0 Å². The van der Waals surface area contributed by atoms with Crippen LogP contribution in [0.25, 0.3) is 0 Å². The fraction of sp³-hybridized carbons (Fsp3) is 0.562. The Morgan fingerprint density at radius 1 is 1.45 bits per heavy atom. The van der Waals surface area contributed by atoms with E-state index in [-0.39, 0.29) is 17.7 Å². The summed E-state index contributed by atoms with van der Waals surface area (Å²) in [4.78, 5) is 11.4. The molecule has 0 aromatic heterocycles. The summed E-state index contributed by atoms with van der Waals surface area (Å²) in [7, 11) is 0. The number of carbonyl (C=O) groups is 1. The summed E-state index contributed by atoms with van der Waals surface area (Å²) in [6.45, 7) is 2.15. The summed E-state index contributed by atoms with van der Waals surface area (Å²) in [6.07, 6.45) is 4.38. The Morgan fingerprint density at radius 2 is 2.20 bits per heavy atom. The Balaban J connectivity index is 2.18. The van der Waals surface area contributed by atoms with Gasteiger partial charge in [-0.05, 0) is 61.3 Å². The number of carboxylic acids is 1. The van der Waals surface area contributed by atoms with Gasteiger partial charge in [0.1, 0.15) is 5.82 Å². The maximum absolute atomic E-state index is 13.4. The first-order valence-electron chi connectivity index (χ1n) is 7.18. The lowest BCUT2D eigenvalue weighted by molar-refractivity contribution is -0.145. The molecule has 3 atom stereocenters. The van der Waals surface area contributed by atoms with E-state index in [2.05, 4.69) is 22.9 Å². The molecule has 0 aliphatic heterocycles. The molecular weight excluding hydrogens is 323 g/mol. The minimum absolute atomic E-state index is 0.101. The fourth-order valence-corrected chi connectivity index (χ4v) is 3.67. The van der Waals surface area contributed by atoms with Crippen molar-refractivity contribution in [2.45, 2.75) is 39.0 Å². The van der Waals surface area contributed by atoms with Gasteiger partial charge in [0.15, 0.2) is 0 Å². The van der Waals surface area contributed by atoms with Crippen molar-refractivity contribution in [1.82, 2.24) is 0 Å². The molecule has 2 rings (SSSR count). The second-order valence-corrected chi connectivity index (χ2v) is 6.59. The number of rotatable bonds is 4. The lowest BCUT2D eigenvalue weighted by Crippen LogP contribution is -2.32. The van der Waals surface area contributed by atoms with Crippen molar-refractivity contribution in [3.8, 4) is 0 Å². The highest BCUT2D eigenvalue weighted by Crippen LogP contribution is 2.38. The third kappa shape index (κ3) is 3.60. The van der Waals surface area contributed by atoms with E-state index in [9.17, 15) is 14.3 Å². The van der Waals surface area contributed by atoms with Crippen LogP contribution >= 0.6 is 15.9 Å². The second-order valence-electron chi connectivity index (χ2n) is 5.73. The van der Waals surface area contributed by atoms with Crippen LogP contribution < -0.4 is 0 Å². The molecule has 1 saturated carbocycles. The fourth-order valence-electron chi connectivity index (χ4n) is 3.26. The second kappa shape index (κ2) is 6.70. The molecule has 1 aromatic carbocycles. The number of benzene rings is 1. The quantitative estimate of drug-likeness (QED) is 0.863. The van der Waals surface area contributed by atoms with Gasteiger partial charge in [0, 0.05) is 4.47 Å². The average molecular weight is 343 g/mol.